The maximum Gasteiger partial charge on any atom is 0.0107 e. The van der Waals surface area contributed by atoms with Crippen LogP contribution in [0.4, 0.5) is 0 Å². The molecular formula is C12H26N2. The molecule has 0 aliphatic rings. The number of nitrogens with one attached hydrogen (secondary N) is 1. The maximum absolute atomic E-state index is 3.88. The van der Waals surface area contributed by atoms with Crippen molar-refractivity contribution in [1.82, 2.24) is 10.2 Å². The maximum atomic E-state index is 3.88. The average Bonchev–Trinajstić information content (AvgIpc) is 2.15. The van der Waals surface area contributed by atoms with E-state index in [1.54, 1.807) is 0 Å². The van der Waals surface area contributed by atoms with Crippen LogP contribution in [0.1, 0.15) is 33.6 Å². The molecule has 1 unspecified atom stereocenters. The van der Waals surface area contributed by atoms with Crippen molar-refractivity contribution < 1.29 is 0 Å². The molecule has 0 amide bonds. The molecule has 0 heterocycles. The first-order chi connectivity index (χ1) is 6.57. The minimum Gasteiger partial charge on any atom is -0.315 e. The van der Waals surface area contributed by atoms with Gasteiger partial charge in [0.15, 0.2) is 0 Å². The summed E-state index contributed by atoms with van der Waals surface area (Å²) in [4.78, 5) is 2.40. The Balaban J connectivity index is 3.31. The quantitative estimate of drug-likeness (QED) is 0.475. The Hall–Kier alpha value is -0.340. The molecule has 1 atom stereocenters. The Kier molecular flexibility index (Phi) is 7.81. The fourth-order valence-electron chi connectivity index (χ4n) is 1.21. The van der Waals surface area contributed by atoms with E-state index >= 15 is 0 Å². The van der Waals surface area contributed by atoms with Crippen molar-refractivity contribution >= 4 is 0 Å². The van der Waals surface area contributed by atoms with Crippen LogP contribution in [0.3, 0.4) is 0 Å². The van der Waals surface area contributed by atoms with E-state index < -0.39 is 0 Å². The summed E-state index contributed by atoms with van der Waals surface area (Å²) >= 11 is 0. The van der Waals surface area contributed by atoms with E-state index in [2.05, 4.69) is 44.6 Å². The Morgan fingerprint density at radius 1 is 1.43 bits per heavy atom. The molecule has 0 rings (SSSR count). The van der Waals surface area contributed by atoms with Crippen molar-refractivity contribution in [2.75, 3.05) is 26.7 Å². The largest absolute Gasteiger partial charge is 0.315 e. The van der Waals surface area contributed by atoms with Gasteiger partial charge in [0.25, 0.3) is 0 Å². The highest BCUT2D eigenvalue weighted by Gasteiger charge is 2.04. The van der Waals surface area contributed by atoms with Gasteiger partial charge in [-0.1, -0.05) is 12.5 Å². The predicted octanol–water partition coefficient (Wildman–Crippen LogP) is 2.27. The molecule has 0 spiro atoms. The van der Waals surface area contributed by atoms with Crippen molar-refractivity contribution in [3.63, 3.8) is 0 Å². The smallest absolute Gasteiger partial charge is 0.0107 e. The molecule has 2 heteroatoms. The van der Waals surface area contributed by atoms with Gasteiger partial charge in [0.1, 0.15) is 0 Å². The van der Waals surface area contributed by atoms with Gasteiger partial charge < -0.3 is 10.2 Å². The summed E-state index contributed by atoms with van der Waals surface area (Å²) < 4.78 is 0. The molecule has 14 heavy (non-hydrogen) atoms. The van der Waals surface area contributed by atoms with Crippen molar-refractivity contribution in [1.29, 1.82) is 0 Å². The normalized spacial score (nSPS) is 13.2. The van der Waals surface area contributed by atoms with Crippen LogP contribution in [0.15, 0.2) is 12.2 Å². The number of rotatable bonds is 8. The molecule has 0 aromatic carbocycles. The zero-order valence-corrected chi connectivity index (χ0v) is 10.3. The van der Waals surface area contributed by atoms with Crippen LogP contribution in [-0.4, -0.2) is 37.6 Å². The summed E-state index contributed by atoms with van der Waals surface area (Å²) in [6, 6.07) is 0.693. The van der Waals surface area contributed by atoms with Crippen LogP contribution in [0.25, 0.3) is 0 Å². The predicted molar refractivity (Wildman–Crippen MR) is 64.7 cm³/mol. The summed E-state index contributed by atoms with van der Waals surface area (Å²) in [6.45, 7) is 13.7. The van der Waals surface area contributed by atoms with E-state index in [1.165, 1.54) is 12.0 Å². The van der Waals surface area contributed by atoms with Crippen LogP contribution in [0.2, 0.25) is 0 Å². The summed E-state index contributed by atoms with van der Waals surface area (Å²) in [6.07, 6.45) is 2.31. The molecule has 84 valence electrons. The molecule has 0 saturated heterocycles. The highest BCUT2D eigenvalue weighted by molar-refractivity contribution is 4.88. The van der Waals surface area contributed by atoms with E-state index in [-0.39, 0.29) is 0 Å². The molecule has 0 aliphatic carbocycles. The lowest BCUT2D eigenvalue weighted by atomic mass is 10.2. The molecule has 0 bridgehead atoms. The summed E-state index contributed by atoms with van der Waals surface area (Å²) in [5.41, 5.74) is 1.26. The second-order valence-corrected chi connectivity index (χ2v) is 4.19. The number of nitrogens with zero attached hydrogens (tertiary/aromatic N) is 1. The van der Waals surface area contributed by atoms with Gasteiger partial charge in [-0.25, -0.2) is 0 Å². The van der Waals surface area contributed by atoms with Crippen LogP contribution in [0.5, 0.6) is 0 Å². The van der Waals surface area contributed by atoms with Gasteiger partial charge in [-0.3, -0.25) is 0 Å². The Bertz CT molecular complexity index is 154. The van der Waals surface area contributed by atoms with Crippen LogP contribution < -0.4 is 5.32 Å². The number of likely N-dealkylation sites (N-methyl/N-ethyl adjacent to an activating group) is 1. The van der Waals surface area contributed by atoms with Crippen molar-refractivity contribution in [2.24, 2.45) is 0 Å². The second kappa shape index (κ2) is 8.01. The molecule has 0 aromatic rings. The van der Waals surface area contributed by atoms with Crippen LogP contribution in [0, 0.1) is 0 Å². The number of hydrogen-bond acceptors (Lipinski definition) is 2. The molecule has 0 saturated carbocycles. The lowest BCUT2D eigenvalue weighted by Gasteiger charge is -2.23. The van der Waals surface area contributed by atoms with Gasteiger partial charge in [-0.2, -0.15) is 0 Å². The molecule has 1 N–H and O–H groups in total. The van der Waals surface area contributed by atoms with Gasteiger partial charge in [0.05, 0.1) is 0 Å². The minimum absolute atomic E-state index is 0.693. The van der Waals surface area contributed by atoms with Crippen LogP contribution >= 0.6 is 0 Å². The van der Waals surface area contributed by atoms with E-state index in [0.29, 0.717) is 6.04 Å². The van der Waals surface area contributed by atoms with E-state index in [9.17, 15) is 0 Å². The SMILES string of the molecule is C=C(C)CCNCCN(C)C(C)CC. The summed E-state index contributed by atoms with van der Waals surface area (Å²) in [7, 11) is 2.19. The van der Waals surface area contributed by atoms with Gasteiger partial charge in [-0.05, 0) is 40.3 Å². The third-order valence-corrected chi connectivity index (χ3v) is 2.71. The first kappa shape index (κ1) is 13.7. The highest BCUT2D eigenvalue weighted by Crippen LogP contribution is 1.98. The third kappa shape index (κ3) is 7.10. The first-order valence-corrected chi connectivity index (χ1v) is 5.63. The highest BCUT2D eigenvalue weighted by atomic mass is 15.1. The standard InChI is InChI=1S/C12H26N2/c1-6-12(4)14(5)10-9-13-8-7-11(2)3/h12-13H,2,6-10H2,1,3-5H3. The van der Waals surface area contributed by atoms with Gasteiger partial charge in [-0.15, -0.1) is 6.58 Å². The topological polar surface area (TPSA) is 15.3 Å². The van der Waals surface area contributed by atoms with Crippen molar-refractivity contribution in [2.45, 2.75) is 39.7 Å². The van der Waals surface area contributed by atoms with Crippen LogP contribution in [-0.2, 0) is 0 Å². The third-order valence-electron chi connectivity index (χ3n) is 2.71. The molecule has 0 fully saturated rings. The lowest BCUT2D eigenvalue weighted by Crippen LogP contribution is -2.35. The van der Waals surface area contributed by atoms with Gasteiger partial charge >= 0.3 is 0 Å². The average molecular weight is 198 g/mol. The fraction of sp³-hybridized carbons (Fsp3) is 0.833. The Morgan fingerprint density at radius 3 is 2.57 bits per heavy atom. The molecule has 0 radical (unpaired) electrons. The number of hydrogen-bond donors (Lipinski definition) is 1. The zero-order valence-electron chi connectivity index (χ0n) is 10.3. The Labute approximate surface area is 89.4 Å². The molecule has 0 aliphatic heterocycles. The monoisotopic (exact) mass is 198 g/mol. The van der Waals surface area contributed by atoms with Gasteiger partial charge in [0, 0.05) is 19.1 Å². The summed E-state index contributed by atoms with van der Waals surface area (Å²) in [5, 5.41) is 3.42. The fourth-order valence-corrected chi connectivity index (χ4v) is 1.21. The Morgan fingerprint density at radius 2 is 2.07 bits per heavy atom. The molecule has 0 aromatic heterocycles. The minimum atomic E-state index is 0.693. The summed E-state index contributed by atoms with van der Waals surface area (Å²) in [5.74, 6) is 0. The molecule has 2 nitrogen and oxygen atoms in total. The van der Waals surface area contributed by atoms with Gasteiger partial charge in [0.2, 0.25) is 0 Å². The first-order valence-electron chi connectivity index (χ1n) is 5.63. The van der Waals surface area contributed by atoms with E-state index in [0.717, 1.165) is 26.1 Å². The van der Waals surface area contributed by atoms with E-state index in [4.69, 9.17) is 0 Å². The zero-order chi connectivity index (χ0) is 11.0. The van der Waals surface area contributed by atoms with Crippen molar-refractivity contribution in [3.05, 3.63) is 12.2 Å². The van der Waals surface area contributed by atoms with E-state index in [1.807, 2.05) is 0 Å². The lowest BCUT2D eigenvalue weighted by molar-refractivity contribution is 0.252. The van der Waals surface area contributed by atoms with Crippen molar-refractivity contribution in [3.8, 4) is 0 Å². The second-order valence-electron chi connectivity index (χ2n) is 4.19. The molecular weight excluding hydrogens is 172 g/mol.